The lowest BCUT2D eigenvalue weighted by Gasteiger charge is -1.50. The molecule has 0 fully saturated rings. The number of nitrogens with zero attached hydrogens (tertiary/aromatic N) is 2. The van der Waals surface area contributed by atoms with Gasteiger partial charge in [0, 0.05) is 21.4 Å². The van der Waals surface area contributed by atoms with Gasteiger partial charge in [-0.3, -0.25) is 0 Å². The van der Waals surface area contributed by atoms with Crippen LogP contribution in [0.2, 0.25) is 0 Å². The molecular weight excluding hydrogens is 185 g/mol. The Kier molecular flexibility index (Phi) is 5.91. The second-order valence-corrected chi connectivity index (χ2v) is 3.36. The quantitative estimate of drug-likeness (QED) is 0.614. The first-order chi connectivity index (χ1) is 4.23. The zero-order chi connectivity index (χ0) is 7.11. The van der Waals surface area contributed by atoms with Crippen LogP contribution in [0.4, 0.5) is 0 Å². The lowest BCUT2D eigenvalue weighted by Crippen LogP contribution is -1.61. The van der Waals surface area contributed by atoms with Crippen LogP contribution in [0.15, 0.2) is 12.4 Å². The molecule has 0 aliphatic rings. The van der Waals surface area contributed by atoms with Gasteiger partial charge in [-0.1, -0.05) is 0 Å². The molecule has 1 heterocycles. The van der Waals surface area contributed by atoms with E-state index in [9.17, 15) is 0 Å². The first kappa shape index (κ1) is 8.87. The van der Waals surface area contributed by atoms with Gasteiger partial charge in [-0.2, -0.15) is 15.4 Å². The maximum absolute atomic E-state index is 9.09. The van der Waals surface area contributed by atoms with Crippen molar-refractivity contribution in [2.45, 2.75) is 0 Å². The normalized spacial score (nSPS) is 8.33. The lowest BCUT2D eigenvalue weighted by atomic mass is 11.0. The van der Waals surface area contributed by atoms with Gasteiger partial charge in [-0.25, -0.2) is 4.21 Å². The Labute approximate surface area is 63.0 Å². The van der Waals surface area contributed by atoms with Gasteiger partial charge in [0.05, 0.1) is 12.4 Å². The highest BCUT2D eigenvalue weighted by atomic mass is 36.0. The third-order valence-corrected chi connectivity index (χ3v) is 0.331. The SMILES string of the molecule is O=S(Cl)Cl.c1cn[nH]n1. The Morgan fingerprint density at radius 2 is 1.67 bits per heavy atom. The van der Waals surface area contributed by atoms with E-state index in [1.807, 2.05) is 0 Å². The van der Waals surface area contributed by atoms with Crippen LogP contribution in [0.25, 0.3) is 0 Å². The van der Waals surface area contributed by atoms with Crippen molar-refractivity contribution in [3.05, 3.63) is 12.4 Å². The molecule has 0 saturated heterocycles. The van der Waals surface area contributed by atoms with Crippen molar-refractivity contribution < 1.29 is 4.21 Å². The van der Waals surface area contributed by atoms with Crippen molar-refractivity contribution in [3.63, 3.8) is 0 Å². The summed E-state index contributed by atoms with van der Waals surface area (Å²) in [7, 11) is 7.36. The van der Waals surface area contributed by atoms with E-state index in [0.29, 0.717) is 0 Å². The number of hydrogen-bond donors (Lipinski definition) is 1. The molecule has 0 spiro atoms. The average molecular weight is 188 g/mol. The van der Waals surface area contributed by atoms with Gasteiger partial charge in [0.15, 0.2) is 0 Å². The molecule has 52 valence electrons. The fourth-order valence-corrected chi connectivity index (χ4v) is 0.167. The maximum Gasteiger partial charge on any atom is 0.211 e. The first-order valence-electron chi connectivity index (χ1n) is 1.77. The molecule has 1 aromatic heterocycles. The molecule has 0 aromatic carbocycles. The zero-order valence-corrected chi connectivity index (χ0v) is 6.45. The van der Waals surface area contributed by atoms with Crippen LogP contribution < -0.4 is 0 Å². The second kappa shape index (κ2) is 6.00. The smallest absolute Gasteiger partial charge is 0.211 e. The third-order valence-electron chi connectivity index (χ3n) is 0.331. The summed E-state index contributed by atoms with van der Waals surface area (Å²) in [5.41, 5.74) is 0. The van der Waals surface area contributed by atoms with Crippen molar-refractivity contribution in [2.75, 3.05) is 0 Å². The number of rotatable bonds is 0. The Bertz CT molecular complexity index is 134. The monoisotopic (exact) mass is 187 g/mol. The highest BCUT2D eigenvalue weighted by molar-refractivity contribution is 8.26. The number of aromatic amines is 1. The van der Waals surface area contributed by atoms with Gasteiger partial charge in [0.1, 0.15) is 0 Å². The zero-order valence-electron chi connectivity index (χ0n) is 4.12. The summed E-state index contributed by atoms with van der Waals surface area (Å²) in [5, 5.41) is 9.33. The number of H-pyrrole nitrogens is 1. The molecule has 0 amide bonds. The van der Waals surface area contributed by atoms with Gasteiger partial charge in [-0.05, 0) is 0 Å². The summed E-state index contributed by atoms with van der Waals surface area (Å²) in [6.45, 7) is 0. The molecule has 0 saturated carbocycles. The van der Waals surface area contributed by atoms with Gasteiger partial charge in [0.25, 0.3) is 0 Å². The number of hydrogen-bond acceptors (Lipinski definition) is 3. The van der Waals surface area contributed by atoms with E-state index < -0.39 is 9.23 Å². The van der Waals surface area contributed by atoms with Crippen molar-refractivity contribution >= 4 is 30.6 Å². The molecular formula is C2H3Cl2N3OS. The van der Waals surface area contributed by atoms with Crippen molar-refractivity contribution in [1.82, 2.24) is 15.4 Å². The van der Waals surface area contributed by atoms with Crippen LogP contribution in [-0.4, -0.2) is 19.6 Å². The summed E-state index contributed by atoms with van der Waals surface area (Å²) in [5.74, 6) is 0. The molecule has 1 rings (SSSR count). The lowest BCUT2D eigenvalue weighted by molar-refractivity contribution is 0.698. The average Bonchev–Trinajstić information content (AvgIpc) is 2.11. The molecule has 1 aromatic rings. The highest BCUT2D eigenvalue weighted by Crippen LogP contribution is 1.89. The molecule has 0 atom stereocenters. The minimum atomic E-state index is -1.67. The predicted molar refractivity (Wildman–Crippen MR) is 36.2 cm³/mol. The van der Waals surface area contributed by atoms with E-state index in [4.69, 9.17) is 4.21 Å². The van der Waals surface area contributed by atoms with Crippen molar-refractivity contribution in [3.8, 4) is 0 Å². The molecule has 7 heteroatoms. The summed E-state index contributed by atoms with van der Waals surface area (Å²) in [6, 6.07) is 0. The van der Waals surface area contributed by atoms with Crippen LogP contribution in [0.5, 0.6) is 0 Å². The Hall–Kier alpha value is -0.130. The predicted octanol–water partition coefficient (Wildman–Crippen LogP) is 0.847. The Morgan fingerprint density at radius 1 is 1.33 bits per heavy atom. The molecule has 1 N–H and O–H groups in total. The summed E-state index contributed by atoms with van der Waals surface area (Å²) in [6.07, 6.45) is 3.17. The molecule has 0 radical (unpaired) electrons. The van der Waals surface area contributed by atoms with Gasteiger partial charge < -0.3 is 0 Å². The molecule has 4 nitrogen and oxygen atoms in total. The first-order valence-corrected chi connectivity index (χ1v) is 4.57. The number of nitrogens with one attached hydrogen (secondary N) is 1. The summed E-state index contributed by atoms with van der Waals surface area (Å²) in [4.78, 5) is 0. The van der Waals surface area contributed by atoms with Crippen molar-refractivity contribution in [2.24, 2.45) is 0 Å². The summed E-state index contributed by atoms with van der Waals surface area (Å²) >= 11 is 0. The standard InChI is InChI=1S/C2H3N3.Cl2OS/c1-2-4-5-3-1;1-4(2)3/h1-2H,(H,3,4,5);. The molecule has 9 heavy (non-hydrogen) atoms. The molecule has 0 bridgehead atoms. The van der Waals surface area contributed by atoms with Crippen LogP contribution >= 0.6 is 21.4 Å². The topological polar surface area (TPSA) is 58.6 Å². The third kappa shape index (κ3) is 11.4. The minimum absolute atomic E-state index is 1.58. The largest absolute Gasteiger partial charge is 0.225 e. The Balaban J connectivity index is 0.000000148. The van der Waals surface area contributed by atoms with E-state index in [0.717, 1.165) is 0 Å². The Morgan fingerprint density at radius 3 is 1.78 bits per heavy atom. The second-order valence-electron chi connectivity index (χ2n) is 0.841. The summed E-state index contributed by atoms with van der Waals surface area (Å²) < 4.78 is 9.09. The number of aromatic nitrogens is 3. The van der Waals surface area contributed by atoms with E-state index in [1.54, 1.807) is 12.4 Å². The van der Waals surface area contributed by atoms with Crippen LogP contribution in [0, 0.1) is 0 Å². The van der Waals surface area contributed by atoms with E-state index in [-0.39, 0.29) is 0 Å². The fourth-order valence-electron chi connectivity index (χ4n) is 0.167. The van der Waals surface area contributed by atoms with Crippen molar-refractivity contribution in [1.29, 1.82) is 0 Å². The highest BCUT2D eigenvalue weighted by Gasteiger charge is 1.68. The molecule has 0 aliphatic heterocycles. The maximum atomic E-state index is 9.09. The molecule has 0 unspecified atom stereocenters. The van der Waals surface area contributed by atoms with Gasteiger partial charge in [0.2, 0.25) is 9.23 Å². The van der Waals surface area contributed by atoms with Gasteiger partial charge >= 0.3 is 0 Å². The van der Waals surface area contributed by atoms with Crippen LogP contribution in [0.1, 0.15) is 0 Å². The van der Waals surface area contributed by atoms with E-state index in [2.05, 4.69) is 36.8 Å². The molecule has 0 aliphatic carbocycles. The van der Waals surface area contributed by atoms with E-state index in [1.165, 1.54) is 0 Å². The van der Waals surface area contributed by atoms with E-state index >= 15 is 0 Å². The van der Waals surface area contributed by atoms with Crippen LogP contribution in [0.3, 0.4) is 0 Å². The van der Waals surface area contributed by atoms with Gasteiger partial charge in [-0.15, -0.1) is 0 Å². The fraction of sp³-hybridized carbons (Fsp3) is 0. The van der Waals surface area contributed by atoms with Crippen LogP contribution in [-0.2, 0) is 9.23 Å². The number of halogens is 2. The minimum Gasteiger partial charge on any atom is -0.225 e.